The Morgan fingerprint density at radius 2 is 2.15 bits per heavy atom. The molecule has 0 aliphatic heterocycles. The normalized spacial score (nSPS) is 15.8. The van der Waals surface area contributed by atoms with Gasteiger partial charge in [-0.25, -0.2) is 0 Å². The Balaban J connectivity index is 3.90. The molecule has 0 spiro atoms. The van der Waals surface area contributed by atoms with Gasteiger partial charge in [0, 0.05) is 22.7 Å². The van der Waals surface area contributed by atoms with Crippen LogP contribution in [-0.4, -0.2) is 38.3 Å². The van der Waals surface area contributed by atoms with Crippen LogP contribution in [-0.2, 0) is 4.79 Å². The number of aliphatic carboxylic acids is 1. The highest BCUT2D eigenvalue weighted by molar-refractivity contribution is 9.08. The van der Waals surface area contributed by atoms with Crippen molar-refractivity contribution in [1.82, 2.24) is 3.45 Å². The summed E-state index contributed by atoms with van der Waals surface area (Å²) in [6, 6.07) is -0.858. The standard InChI is InChI=1S/C6H12BrClN2O3/c7-10(8)5(6(12)13)2-1-4(11)3-9/h4-5,11H,1-3,9H2,(H,12,13)/t4-,5+/m1/s1. The molecule has 5 nitrogen and oxygen atoms in total. The molecule has 0 saturated carbocycles. The zero-order valence-electron chi connectivity index (χ0n) is 6.86. The van der Waals surface area contributed by atoms with Gasteiger partial charge >= 0.3 is 5.97 Å². The molecule has 4 N–H and O–H groups in total. The molecule has 0 aliphatic carbocycles. The lowest BCUT2D eigenvalue weighted by Gasteiger charge is -2.16. The molecule has 7 heteroatoms. The van der Waals surface area contributed by atoms with E-state index in [0.29, 0.717) is 6.42 Å². The molecule has 0 aromatic heterocycles. The van der Waals surface area contributed by atoms with E-state index in [1.807, 2.05) is 0 Å². The van der Waals surface area contributed by atoms with Crippen LogP contribution >= 0.6 is 27.9 Å². The number of carbonyl (C=O) groups is 1. The minimum atomic E-state index is -1.05. The Morgan fingerprint density at radius 1 is 1.62 bits per heavy atom. The van der Waals surface area contributed by atoms with Crippen LogP contribution < -0.4 is 5.73 Å². The number of aliphatic hydroxyl groups is 1. The molecule has 0 aromatic rings. The van der Waals surface area contributed by atoms with Crippen molar-refractivity contribution in [3.8, 4) is 0 Å². The third-order valence-electron chi connectivity index (χ3n) is 1.57. The van der Waals surface area contributed by atoms with Gasteiger partial charge in [0.2, 0.25) is 0 Å². The van der Waals surface area contributed by atoms with Crippen LogP contribution in [0.4, 0.5) is 0 Å². The SMILES string of the molecule is NC[C@H](O)CC[C@@H](C(=O)O)N(Cl)Br. The highest BCUT2D eigenvalue weighted by Gasteiger charge is 2.23. The highest BCUT2D eigenvalue weighted by Crippen LogP contribution is 2.15. The Kier molecular flexibility index (Phi) is 6.62. The molecule has 0 unspecified atom stereocenters. The number of nitrogens with two attached hydrogens (primary N) is 1. The number of nitrogens with zero attached hydrogens (tertiary/aromatic N) is 1. The maximum Gasteiger partial charge on any atom is 0.323 e. The van der Waals surface area contributed by atoms with Gasteiger partial charge < -0.3 is 15.9 Å². The second kappa shape index (κ2) is 6.56. The minimum absolute atomic E-state index is 0.122. The second-order valence-electron chi connectivity index (χ2n) is 2.58. The van der Waals surface area contributed by atoms with Gasteiger partial charge in [-0.3, -0.25) is 4.79 Å². The number of aliphatic hydroxyl groups excluding tert-OH is 1. The van der Waals surface area contributed by atoms with Crippen molar-refractivity contribution in [2.24, 2.45) is 5.73 Å². The highest BCUT2D eigenvalue weighted by atomic mass is 79.9. The number of hydrogen-bond acceptors (Lipinski definition) is 4. The van der Waals surface area contributed by atoms with E-state index in [1.54, 1.807) is 0 Å². The van der Waals surface area contributed by atoms with Gasteiger partial charge in [0.25, 0.3) is 0 Å². The largest absolute Gasteiger partial charge is 0.480 e. The third-order valence-corrected chi connectivity index (χ3v) is 2.30. The van der Waals surface area contributed by atoms with Crippen molar-refractivity contribution in [3.05, 3.63) is 0 Å². The Bertz CT molecular complexity index is 170. The van der Waals surface area contributed by atoms with Crippen molar-refractivity contribution in [3.63, 3.8) is 0 Å². The zero-order chi connectivity index (χ0) is 10.4. The maximum atomic E-state index is 10.6. The Morgan fingerprint density at radius 3 is 2.46 bits per heavy atom. The van der Waals surface area contributed by atoms with Crippen molar-refractivity contribution < 1.29 is 15.0 Å². The summed E-state index contributed by atoms with van der Waals surface area (Å²) >= 11 is 8.24. The fourth-order valence-electron chi connectivity index (χ4n) is 0.773. The third kappa shape index (κ3) is 5.43. The van der Waals surface area contributed by atoms with Crippen molar-refractivity contribution in [1.29, 1.82) is 0 Å². The summed E-state index contributed by atoms with van der Waals surface area (Å²) in [5, 5.41) is 17.7. The molecule has 0 radical (unpaired) electrons. The molecule has 0 bridgehead atoms. The van der Waals surface area contributed by atoms with Gasteiger partial charge in [0.05, 0.1) is 6.10 Å². The molecule has 0 aromatic carbocycles. The Labute approximate surface area is 89.9 Å². The molecule has 0 rings (SSSR count). The smallest absolute Gasteiger partial charge is 0.323 e. The van der Waals surface area contributed by atoms with E-state index in [1.165, 1.54) is 0 Å². The van der Waals surface area contributed by atoms with Gasteiger partial charge in [-0.15, -0.1) is 3.45 Å². The number of carboxylic acid groups (broad SMARTS) is 1. The van der Waals surface area contributed by atoms with E-state index in [0.717, 1.165) is 3.45 Å². The van der Waals surface area contributed by atoms with Gasteiger partial charge in [-0.2, -0.15) is 0 Å². The van der Waals surface area contributed by atoms with Crippen molar-refractivity contribution >= 4 is 33.9 Å². The van der Waals surface area contributed by atoms with E-state index in [4.69, 9.17) is 27.7 Å². The molecule has 0 fully saturated rings. The first-order valence-electron chi connectivity index (χ1n) is 3.70. The summed E-state index contributed by atoms with van der Waals surface area (Å²) in [6.07, 6.45) is -0.129. The lowest BCUT2D eigenvalue weighted by molar-refractivity contribution is -0.140. The average molecular weight is 276 g/mol. The molecule has 2 atom stereocenters. The first-order chi connectivity index (χ1) is 5.99. The van der Waals surface area contributed by atoms with Crippen LogP contribution in [0.5, 0.6) is 0 Å². The van der Waals surface area contributed by atoms with Crippen LogP contribution in [0, 0.1) is 0 Å². The number of rotatable bonds is 6. The molecule has 0 heterocycles. The maximum absolute atomic E-state index is 10.6. The predicted molar refractivity (Wildman–Crippen MR) is 52.3 cm³/mol. The van der Waals surface area contributed by atoms with Crippen molar-refractivity contribution in [2.45, 2.75) is 25.0 Å². The summed E-state index contributed by atoms with van der Waals surface area (Å²) in [5.74, 6) is -1.05. The van der Waals surface area contributed by atoms with Crippen LogP contribution in [0.25, 0.3) is 0 Å². The fraction of sp³-hybridized carbons (Fsp3) is 0.833. The van der Waals surface area contributed by atoms with E-state index < -0.39 is 18.1 Å². The van der Waals surface area contributed by atoms with Gasteiger partial charge in [0.1, 0.15) is 6.04 Å². The lowest BCUT2D eigenvalue weighted by atomic mass is 10.1. The quantitative estimate of drug-likeness (QED) is 0.607. The summed E-state index contributed by atoms with van der Waals surface area (Å²) < 4.78 is 0.901. The van der Waals surface area contributed by atoms with Gasteiger partial charge in [-0.05, 0) is 24.6 Å². The average Bonchev–Trinajstić information content (AvgIpc) is 2.03. The number of halogens is 2. The van der Waals surface area contributed by atoms with E-state index in [-0.39, 0.29) is 13.0 Å². The molecule has 0 amide bonds. The minimum Gasteiger partial charge on any atom is -0.480 e. The molecular weight excluding hydrogens is 263 g/mol. The topological polar surface area (TPSA) is 86.8 Å². The molecular formula is C6H12BrClN2O3. The van der Waals surface area contributed by atoms with Gasteiger partial charge in [0.15, 0.2) is 0 Å². The van der Waals surface area contributed by atoms with Gasteiger partial charge in [-0.1, -0.05) is 0 Å². The first kappa shape index (κ1) is 13.1. The van der Waals surface area contributed by atoms with Crippen LogP contribution in [0.15, 0.2) is 0 Å². The summed E-state index contributed by atoms with van der Waals surface area (Å²) in [7, 11) is 0. The van der Waals surface area contributed by atoms with Crippen LogP contribution in [0.2, 0.25) is 0 Å². The zero-order valence-corrected chi connectivity index (χ0v) is 9.20. The number of hydrogen-bond donors (Lipinski definition) is 3. The molecule has 0 aliphatic rings. The summed E-state index contributed by atoms with van der Waals surface area (Å²) in [4.78, 5) is 10.6. The summed E-state index contributed by atoms with van der Waals surface area (Å²) in [6.45, 7) is 0.122. The lowest BCUT2D eigenvalue weighted by Crippen LogP contribution is -2.31. The number of carboxylic acids is 1. The monoisotopic (exact) mass is 274 g/mol. The summed E-state index contributed by atoms with van der Waals surface area (Å²) in [5.41, 5.74) is 5.15. The van der Waals surface area contributed by atoms with E-state index in [9.17, 15) is 4.79 Å². The van der Waals surface area contributed by atoms with Crippen molar-refractivity contribution in [2.75, 3.05) is 6.54 Å². The van der Waals surface area contributed by atoms with E-state index in [2.05, 4.69) is 16.1 Å². The van der Waals surface area contributed by atoms with E-state index >= 15 is 0 Å². The predicted octanol–water partition coefficient (Wildman–Crippen LogP) is 0.305. The molecule has 78 valence electrons. The van der Waals surface area contributed by atoms with Crippen LogP contribution in [0.3, 0.4) is 0 Å². The molecule has 0 saturated heterocycles. The second-order valence-corrected chi connectivity index (χ2v) is 4.12. The molecule has 13 heavy (non-hydrogen) atoms. The fourth-order valence-corrected chi connectivity index (χ4v) is 1.33. The Hall–Kier alpha value is 0.120. The van der Waals surface area contributed by atoms with Crippen LogP contribution in [0.1, 0.15) is 12.8 Å². The first-order valence-corrected chi connectivity index (χ1v) is 4.75.